The minimum Gasteiger partial charge on any atom is -0.493 e. The summed E-state index contributed by atoms with van der Waals surface area (Å²) in [4.78, 5) is 19.1. The van der Waals surface area contributed by atoms with Gasteiger partial charge in [-0.3, -0.25) is 9.69 Å². The highest BCUT2D eigenvalue weighted by Crippen LogP contribution is 2.29. The van der Waals surface area contributed by atoms with E-state index in [1.54, 1.807) is 16.7 Å². The van der Waals surface area contributed by atoms with E-state index in [0.717, 1.165) is 39.0 Å². The molecule has 1 fully saturated rings. The van der Waals surface area contributed by atoms with Crippen molar-refractivity contribution >= 4 is 40.1 Å². The summed E-state index contributed by atoms with van der Waals surface area (Å²) in [5, 5.41) is 1.41. The van der Waals surface area contributed by atoms with Crippen molar-refractivity contribution in [3.8, 4) is 5.75 Å². The van der Waals surface area contributed by atoms with E-state index < -0.39 is 0 Å². The molecular weight excluding hydrogens is 380 g/mol. The number of aliphatic imine (C=N–C) groups is 1. The number of amides is 1. The fourth-order valence-electron chi connectivity index (χ4n) is 2.79. The molecule has 27 heavy (non-hydrogen) atoms. The van der Waals surface area contributed by atoms with Gasteiger partial charge >= 0.3 is 0 Å². The van der Waals surface area contributed by atoms with Crippen molar-refractivity contribution in [1.82, 2.24) is 4.90 Å². The van der Waals surface area contributed by atoms with Crippen molar-refractivity contribution < 1.29 is 9.53 Å². The molecule has 0 spiro atoms. The largest absolute Gasteiger partial charge is 0.493 e. The Kier molecular flexibility index (Phi) is 6.45. The van der Waals surface area contributed by atoms with Crippen LogP contribution in [-0.4, -0.2) is 34.9 Å². The van der Waals surface area contributed by atoms with Crippen molar-refractivity contribution in [2.45, 2.75) is 27.2 Å². The van der Waals surface area contributed by atoms with Crippen LogP contribution in [0.1, 0.15) is 23.1 Å². The van der Waals surface area contributed by atoms with Crippen LogP contribution in [-0.2, 0) is 4.79 Å². The maximum atomic E-state index is 12.7. The number of benzene rings is 2. The molecule has 1 amide bonds. The summed E-state index contributed by atoms with van der Waals surface area (Å²) in [6, 6.07) is 11.7. The predicted molar refractivity (Wildman–Crippen MR) is 113 cm³/mol. The molecule has 4 nitrogen and oxygen atoms in total. The molecule has 1 saturated heterocycles. The Morgan fingerprint density at radius 3 is 2.89 bits per heavy atom. The van der Waals surface area contributed by atoms with Crippen molar-refractivity contribution in [3.05, 3.63) is 58.1 Å². The summed E-state index contributed by atoms with van der Waals surface area (Å²) in [5.74, 6) is 1.72. The van der Waals surface area contributed by atoms with Gasteiger partial charge in [0.15, 0.2) is 5.17 Å². The van der Waals surface area contributed by atoms with Crippen LogP contribution in [0.4, 0.5) is 5.69 Å². The van der Waals surface area contributed by atoms with E-state index in [4.69, 9.17) is 16.3 Å². The molecule has 2 aromatic carbocycles. The number of thioether (sulfide) groups is 1. The number of rotatable bonds is 5. The third-order valence-corrected chi connectivity index (χ3v) is 5.82. The SMILES string of the molecule is Cc1ccc(C)c(OCCC(=O)N2CCSC2=Nc2cccc(Cl)c2C)c1. The quantitative estimate of drug-likeness (QED) is 0.681. The van der Waals surface area contributed by atoms with Crippen molar-refractivity contribution in [2.24, 2.45) is 4.99 Å². The summed E-state index contributed by atoms with van der Waals surface area (Å²) < 4.78 is 5.82. The molecule has 0 radical (unpaired) electrons. The maximum absolute atomic E-state index is 12.7. The zero-order valence-electron chi connectivity index (χ0n) is 15.8. The summed E-state index contributed by atoms with van der Waals surface area (Å²) >= 11 is 7.77. The smallest absolute Gasteiger partial charge is 0.232 e. The van der Waals surface area contributed by atoms with E-state index in [0.29, 0.717) is 24.6 Å². The topological polar surface area (TPSA) is 41.9 Å². The number of halogens is 1. The zero-order chi connectivity index (χ0) is 19.4. The first-order chi connectivity index (χ1) is 13.0. The van der Waals surface area contributed by atoms with Crippen LogP contribution in [0.15, 0.2) is 41.4 Å². The highest BCUT2D eigenvalue weighted by atomic mass is 35.5. The van der Waals surface area contributed by atoms with E-state index in [1.807, 2.05) is 51.1 Å². The van der Waals surface area contributed by atoms with Gasteiger partial charge in [-0.25, -0.2) is 4.99 Å². The number of carbonyl (C=O) groups excluding carboxylic acids is 1. The lowest BCUT2D eigenvalue weighted by molar-refractivity contribution is -0.127. The first-order valence-corrected chi connectivity index (χ1v) is 10.3. The number of nitrogens with zero attached hydrogens (tertiary/aromatic N) is 2. The van der Waals surface area contributed by atoms with Gasteiger partial charge in [0.05, 0.1) is 18.7 Å². The highest BCUT2D eigenvalue weighted by Gasteiger charge is 2.25. The third-order valence-electron chi connectivity index (χ3n) is 4.45. The van der Waals surface area contributed by atoms with Gasteiger partial charge in [0, 0.05) is 17.3 Å². The van der Waals surface area contributed by atoms with Gasteiger partial charge in [-0.1, -0.05) is 41.6 Å². The molecule has 1 heterocycles. The van der Waals surface area contributed by atoms with E-state index in [9.17, 15) is 4.79 Å². The van der Waals surface area contributed by atoms with Gasteiger partial charge in [0.2, 0.25) is 5.91 Å². The Labute approximate surface area is 169 Å². The summed E-state index contributed by atoms with van der Waals surface area (Å²) in [6.45, 7) is 7.00. The van der Waals surface area contributed by atoms with Crippen molar-refractivity contribution in [2.75, 3.05) is 18.9 Å². The number of carbonyl (C=O) groups is 1. The zero-order valence-corrected chi connectivity index (χ0v) is 17.4. The minimum absolute atomic E-state index is 0.0312. The minimum atomic E-state index is 0.0312. The Hall–Kier alpha value is -1.98. The van der Waals surface area contributed by atoms with Gasteiger partial charge in [-0.2, -0.15) is 0 Å². The van der Waals surface area contributed by atoms with Gasteiger partial charge in [-0.15, -0.1) is 0 Å². The van der Waals surface area contributed by atoms with Crippen LogP contribution >= 0.6 is 23.4 Å². The first-order valence-electron chi connectivity index (χ1n) is 8.92. The van der Waals surface area contributed by atoms with Gasteiger partial charge < -0.3 is 4.74 Å². The van der Waals surface area contributed by atoms with Gasteiger partial charge in [-0.05, 0) is 55.7 Å². The molecule has 1 aliphatic rings. The molecule has 0 aromatic heterocycles. The van der Waals surface area contributed by atoms with Crippen molar-refractivity contribution in [1.29, 1.82) is 0 Å². The van der Waals surface area contributed by atoms with Gasteiger partial charge in [0.25, 0.3) is 0 Å². The monoisotopic (exact) mass is 402 g/mol. The lowest BCUT2D eigenvalue weighted by atomic mass is 10.1. The Balaban J connectivity index is 1.64. The molecule has 142 valence electrons. The molecule has 2 aromatic rings. The Bertz CT molecular complexity index is 882. The average molecular weight is 403 g/mol. The van der Waals surface area contributed by atoms with Crippen LogP contribution < -0.4 is 4.74 Å². The summed E-state index contributed by atoms with van der Waals surface area (Å²) in [6.07, 6.45) is 0.321. The number of hydrogen-bond donors (Lipinski definition) is 0. The summed E-state index contributed by atoms with van der Waals surface area (Å²) in [7, 11) is 0. The van der Waals surface area contributed by atoms with Gasteiger partial charge in [0.1, 0.15) is 5.75 Å². The van der Waals surface area contributed by atoms with Crippen molar-refractivity contribution in [3.63, 3.8) is 0 Å². The number of aryl methyl sites for hydroxylation is 2. The van der Waals surface area contributed by atoms with E-state index in [2.05, 4.69) is 11.1 Å². The van der Waals surface area contributed by atoms with Crippen LogP contribution in [0.25, 0.3) is 0 Å². The fourth-order valence-corrected chi connectivity index (χ4v) is 3.93. The molecule has 1 aliphatic heterocycles. The molecule has 6 heteroatoms. The second-order valence-electron chi connectivity index (χ2n) is 6.54. The Morgan fingerprint density at radius 2 is 2.07 bits per heavy atom. The average Bonchev–Trinajstić information content (AvgIpc) is 3.10. The molecule has 3 rings (SSSR count). The predicted octanol–water partition coefficient (Wildman–Crippen LogP) is 5.30. The lowest BCUT2D eigenvalue weighted by Crippen LogP contribution is -2.32. The molecule has 0 bridgehead atoms. The second kappa shape index (κ2) is 8.81. The highest BCUT2D eigenvalue weighted by molar-refractivity contribution is 8.14. The number of amidine groups is 1. The van der Waals surface area contributed by atoms with E-state index >= 15 is 0 Å². The second-order valence-corrected chi connectivity index (χ2v) is 8.01. The summed E-state index contributed by atoms with van der Waals surface area (Å²) in [5.41, 5.74) is 3.94. The molecule has 0 aliphatic carbocycles. The molecular formula is C21H23ClN2O2S. The number of ether oxygens (including phenoxy) is 1. The number of hydrogen-bond acceptors (Lipinski definition) is 4. The fraction of sp³-hybridized carbons (Fsp3) is 0.333. The Morgan fingerprint density at radius 1 is 1.26 bits per heavy atom. The maximum Gasteiger partial charge on any atom is 0.232 e. The third kappa shape index (κ3) is 4.85. The standard InChI is InChI=1S/C21H23ClN2O2S/c1-14-7-8-15(2)19(13-14)26-11-9-20(25)24-10-12-27-21(24)23-18-6-4-5-17(22)16(18)3/h4-8,13H,9-12H2,1-3H3. The van der Waals surface area contributed by atoms with E-state index in [-0.39, 0.29) is 5.91 Å². The normalized spacial score (nSPS) is 15.4. The van der Waals surface area contributed by atoms with Crippen LogP contribution in [0.2, 0.25) is 5.02 Å². The molecule has 0 atom stereocenters. The van der Waals surface area contributed by atoms with E-state index in [1.165, 1.54) is 0 Å². The van der Waals surface area contributed by atoms with Crippen LogP contribution in [0, 0.1) is 20.8 Å². The van der Waals surface area contributed by atoms with Crippen LogP contribution in [0.3, 0.4) is 0 Å². The van der Waals surface area contributed by atoms with Crippen LogP contribution in [0.5, 0.6) is 5.75 Å². The first kappa shape index (κ1) is 19.8. The molecule has 0 saturated carbocycles. The molecule has 0 N–H and O–H groups in total. The lowest BCUT2D eigenvalue weighted by Gasteiger charge is -2.17. The molecule has 0 unspecified atom stereocenters.